The van der Waals surface area contributed by atoms with Gasteiger partial charge in [0.15, 0.2) is 0 Å². The Morgan fingerprint density at radius 1 is 1.00 bits per heavy atom. The van der Waals surface area contributed by atoms with E-state index < -0.39 is 15.5 Å². The van der Waals surface area contributed by atoms with Crippen LogP contribution >= 0.6 is 22.6 Å². The van der Waals surface area contributed by atoms with Crippen molar-refractivity contribution in [1.29, 1.82) is 0 Å². The van der Waals surface area contributed by atoms with Crippen molar-refractivity contribution in [3.8, 4) is 5.75 Å². The number of halogens is 4. The van der Waals surface area contributed by atoms with E-state index in [4.69, 9.17) is 4.74 Å². The number of anilines is 1. The maximum atomic E-state index is 12.3. The predicted octanol–water partition coefficient (Wildman–Crippen LogP) is 4.13. The van der Waals surface area contributed by atoms with Gasteiger partial charge >= 0.3 is 15.5 Å². The summed E-state index contributed by atoms with van der Waals surface area (Å²) in [6, 6.07) is 12.8. The Morgan fingerprint density at radius 3 is 2.09 bits per heavy atom. The molecule has 0 radical (unpaired) electrons. The van der Waals surface area contributed by atoms with Crippen LogP contribution in [0.2, 0.25) is 0 Å². The number of sulfonamides is 1. The van der Waals surface area contributed by atoms with Crippen molar-refractivity contribution in [2.45, 2.75) is 12.1 Å². The van der Waals surface area contributed by atoms with E-state index >= 15 is 0 Å². The lowest BCUT2D eigenvalue weighted by Gasteiger charge is -2.11. The highest BCUT2D eigenvalue weighted by atomic mass is 127. The SMILES string of the molecule is O=S(=O)(Nc1ccc(COc2ccc(I)cc2)cc1)C(F)(F)F. The molecule has 2 aromatic rings. The van der Waals surface area contributed by atoms with E-state index in [1.165, 1.54) is 29.0 Å². The second-order valence-electron chi connectivity index (χ2n) is 4.49. The zero-order valence-corrected chi connectivity index (χ0v) is 14.4. The largest absolute Gasteiger partial charge is 0.516 e. The number of hydrogen-bond donors (Lipinski definition) is 1. The van der Waals surface area contributed by atoms with Crippen molar-refractivity contribution >= 4 is 38.3 Å². The maximum absolute atomic E-state index is 12.3. The molecule has 0 aliphatic heterocycles. The smallest absolute Gasteiger partial charge is 0.489 e. The van der Waals surface area contributed by atoms with Gasteiger partial charge in [0, 0.05) is 9.26 Å². The van der Waals surface area contributed by atoms with Gasteiger partial charge in [0.1, 0.15) is 12.4 Å². The van der Waals surface area contributed by atoms with Crippen LogP contribution in [0, 0.1) is 3.57 Å². The topological polar surface area (TPSA) is 55.4 Å². The number of nitrogens with one attached hydrogen (secondary N) is 1. The summed E-state index contributed by atoms with van der Waals surface area (Å²) in [5.74, 6) is 0.660. The van der Waals surface area contributed by atoms with E-state index in [1.807, 2.05) is 12.1 Å². The molecule has 2 aromatic carbocycles. The Bertz CT molecular complexity index is 759. The Kier molecular flexibility index (Phi) is 5.40. The zero-order chi connectivity index (χ0) is 17.1. The molecular weight excluding hydrogens is 446 g/mol. The van der Waals surface area contributed by atoms with Crippen LogP contribution < -0.4 is 9.46 Å². The second-order valence-corrected chi connectivity index (χ2v) is 7.41. The van der Waals surface area contributed by atoms with Crippen LogP contribution in [0.3, 0.4) is 0 Å². The molecule has 4 nitrogen and oxygen atoms in total. The van der Waals surface area contributed by atoms with Gasteiger partial charge in [-0.3, -0.25) is 4.72 Å². The first-order valence-electron chi connectivity index (χ1n) is 6.24. The summed E-state index contributed by atoms with van der Waals surface area (Å²) in [6.07, 6.45) is 0. The van der Waals surface area contributed by atoms with Gasteiger partial charge in [0.25, 0.3) is 0 Å². The third kappa shape index (κ3) is 4.99. The van der Waals surface area contributed by atoms with E-state index in [-0.39, 0.29) is 12.3 Å². The van der Waals surface area contributed by atoms with E-state index in [9.17, 15) is 21.6 Å². The second kappa shape index (κ2) is 6.95. The van der Waals surface area contributed by atoms with E-state index in [2.05, 4.69) is 22.6 Å². The minimum absolute atomic E-state index is 0.166. The summed E-state index contributed by atoms with van der Waals surface area (Å²) in [4.78, 5) is 0. The highest BCUT2D eigenvalue weighted by Gasteiger charge is 2.45. The minimum atomic E-state index is -5.40. The van der Waals surface area contributed by atoms with Crippen molar-refractivity contribution in [3.63, 3.8) is 0 Å². The molecule has 0 aliphatic carbocycles. The molecule has 0 saturated carbocycles. The van der Waals surface area contributed by atoms with Crippen molar-refractivity contribution in [3.05, 3.63) is 57.7 Å². The third-order valence-corrected chi connectivity index (χ3v) is 4.56. The third-order valence-electron chi connectivity index (χ3n) is 2.73. The fourth-order valence-corrected chi connectivity index (χ4v) is 2.50. The Morgan fingerprint density at radius 2 is 1.57 bits per heavy atom. The van der Waals surface area contributed by atoms with Crippen LogP contribution in [0.25, 0.3) is 0 Å². The number of alkyl halides is 3. The van der Waals surface area contributed by atoms with Crippen LogP contribution in [0.5, 0.6) is 5.75 Å². The van der Waals surface area contributed by atoms with Gasteiger partial charge in [-0.25, -0.2) is 0 Å². The molecule has 0 saturated heterocycles. The van der Waals surface area contributed by atoms with Crippen molar-refractivity contribution in [2.75, 3.05) is 4.72 Å². The van der Waals surface area contributed by atoms with Crippen LogP contribution in [0.4, 0.5) is 18.9 Å². The molecule has 124 valence electrons. The molecule has 0 bridgehead atoms. The molecule has 0 atom stereocenters. The zero-order valence-electron chi connectivity index (χ0n) is 11.5. The first-order chi connectivity index (χ1) is 10.7. The summed E-state index contributed by atoms with van der Waals surface area (Å²) in [7, 11) is -5.40. The summed E-state index contributed by atoms with van der Waals surface area (Å²) < 4.78 is 66.8. The molecule has 0 spiro atoms. The van der Waals surface area contributed by atoms with Crippen LogP contribution in [-0.2, 0) is 16.6 Å². The van der Waals surface area contributed by atoms with Gasteiger partial charge in [-0.1, -0.05) is 12.1 Å². The van der Waals surface area contributed by atoms with Gasteiger partial charge in [0.05, 0.1) is 0 Å². The summed E-state index contributed by atoms with van der Waals surface area (Å²) in [5.41, 5.74) is -4.82. The van der Waals surface area contributed by atoms with Gasteiger partial charge < -0.3 is 4.74 Å². The first kappa shape index (κ1) is 17.9. The van der Waals surface area contributed by atoms with Gasteiger partial charge in [-0.2, -0.15) is 21.6 Å². The minimum Gasteiger partial charge on any atom is -0.489 e. The van der Waals surface area contributed by atoms with Gasteiger partial charge in [-0.05, 0) is 64.6 Å². The van der Waals surface area contributed by atoms with Crippen LogP contribution in [0.15, 0.2) is 48.5 Å². The molecule has 0 heterocycles. The fourth-order valence-electron chi connectivity index (χ4n) is 1.58. The number of ether oxygens (including phenoxy) is 1. The average Bonchev–Trinajstić information content (AvgIpc) is 2.47. The summed E-state index contributed by atoms with van der Waals surface area (Å²) in [6.45, 7) is 0.215. The van der Waals surface area contributed by atoms with Crippen molar-refractivity contribution in [1.82, 2.24) is 0 Å². The predicted molar refractivity (Wildman–Crippen MR) is 88.5 cm³/mol. The lowest BCUT2D eigenvalue weighted by atomic mass is 10.2. The highest BCUT2D eigenvalue weighted by Crippen LogP contribution is 2.25. The highest BCUT2D eigenvalue weighted by molar-refractivity contribution is 14.1. The number of benzene rings is 2. The maximum Gasteiger partial charge on any atom is 0.516 e. The molecule has 0 amide bonds. The Labute approximate surface area is 144 Å². The molecule has 9 heteroatoms. The first-order valence-corrected chi connectivity index (χ1v) is 8.80. The number of rotatable bonds is 5. The molecule has 0 fully saturated rings. The summed E-state index contributed by atoms with van der Waals surface area (Å²) in [5, 5.41) is 0. The summed E-state index contributed by atoms with van der Waals surface area (Å²) >= 11 is 2.16. The molecular formula is C14H11F3INO3S. The monoisotopic (exact) mass is 457 g/mol. The molecule has 0 aliphatic rings. The lowest BCUT2D eigenvalue weighted by Crippen LogP contribution is -2.29. The average molecular weight is 457 g/mol. The van der Waals surface area contributed by atoms with Crippen LogP contribution in [0.1, 0.15) is 5.56 Å². The lowest BCUT2D eigenvalue weighted by molar-refractivity contribution is -0.0429. The molecule has 23 heavy (non-hydrogen) atoms. The standard InChI is InChI=1S/C14H11F3INO3S/c15-14(16,17)23(20,21)19-12-5-1-10(2-6-12)9-22-13-7-3-11(18)4-8-13/h1-8,19H,9H2. The number of hydrogen-bond acceptors (Lipinski definition) is 3. The Balaban J connectivity index is 1.98. The van der Waals surface area contributed by atoms with Crippen LogP contribution in [-0.4, -0.2) is 13.9 Å². The molecule has 0 aromatic heterocycles. The van der Waals surface area contributed by atoms with Crippen molar-refractivity contribution < 1.29 is 26.3 Å². The normalized spacial score (nSPS) is 12.0. The Hall–Kier alpha value is -1.49. The molecule has 0 unspecified atom stereocenters. The quantitative estimate of drug-likeness (QED) is 0.688. The molecule has 2 rings (SSSR count). The molecule has 1 N–H and O–H groups in total. The van der Waals surface area contributed by atoms with E-state index in [1.54, 1.807) is 12.1 Å². The fraction of sp³-hybridized carbons (Fsp3) is 0.143. The van der Waals surface area contributed by atoms with E-state index in [0.29, 0.717) is 11.3 Å². The van der Waals surface area contributed by atoms with Gasteiger partial charge in [-0.15, -0.1) is 0 Å². The van der Waals surface area contributed by atoms with E-state index in [0.717, 1.165) is 3.57 Å². The van der Waals surface area contributed by atoms with Crippen molar-refractivity contribution in [2.24, 2.45) is 0 Å². The van der Waals surface area contributed by atoms with Gasteiger partial charge in [0.2, 0.25) is 0 Å².